The molecule has 0 saturated carbocycles. The van der Waals surface area contributed by atoms with Crippen molar-refractivity contribution in [3.05, 3.63) is 86.1 Å². The smallest absolute Gasteiger partial charge is 0.270 e. The first-order chi connectivity index (χ1) is 15.4. The van der Waals surface area contributed by atoms with E-state index in [1.807, 2.05) is 17.5 Å². The standard InChI is InChI=1S/C22H15N3O6S/c1-31-14-5-2-4-12(10-14)23-18(17-6-3-9-32-17)19(22(23)28)24-20(26)15-8-7-13(25(29)30)11-16(15)21(24)27/h2-11,18-19H,1H3/t18-,19+/m1/s1. The summed E-state index contributed by atoms with van der Waals surface area (Å²) in [5.41, 5.74) is 0.274. The van der Waals surface area contributed by atoms with Crippen LogP contribution in [0.2, 0.25) is 0 Å². The number of methoxy groups -OCH3 is 1. The van der Waals surface area contributed by atoms with Gasteiger partial charge < -0.3 is 4.74 Å². The maximum atomic E-state index is 13.3. The predicted octanol–water partition coefficient (Wildman–Crippen LogP) is 3.42. The van der Waals surface area contributed by atoms with Crippen LogP contribution in [0.1, 0.15) is 31.6 Å². The van der Waals surface area contributed by atoms with Crippen molar-refractivity contribution in [1.29, 1.82) is 0 Å². The molecule has 0 aliphatic carbocycles. The molecule has 0 radical (unpaired) electrons. The molecule has 2 aromatic carbocycles. The number of amides is 3. The Labute approximate surface area is 185 Å². The Balaban J connectivity index is 1.55. The maximum absolute atomic E-state index is 13.3. The van der Waals surface area contributed by atoms with Crippen LogP contribution in [-0.4, -0.2) is 40.7 Å². The van der Waals surface area contributed by atoms with E-state index in [0.717, 1.165) is 15.8 Å². The lowest BCUT2D eigenvalue weighted by atomic mass is 9.90. The summed E-state index contributed by atoms with van der Waals surface area (Å²) in [5, 5.41) is 13.0. The summed E-state index contributed by atoms with van der Waals surface area (Å²) in [4.78, 5) is 53.2. The first-order valence-electron chi connectivity index (χ1n) is 9.59. The third-order valence-corrected chi connectivity index (χ3v) is 6.57. The molecule has 32 heavy (non-hydrogen) atoms. The number of thiophene rings is 1. The third kappa shape index (κ3) is 2.80. The number of anilines is 1. The van der Waals surface area contributed by atoms with Gasteiger partial charge in [-0.1, -0.05) is 12.1 Å². The summed E-state index contributed by atoms with van der Waals surface area (Å²) in [6, 6.07) is 12.5. The zero-order chi connectivity index (χ0) is 22.6. The minimum Gasteiger partial charge on any atom is -0.497 e. The van der Waals surface area contributed by atoms with Crippen LogP contribution in [0.3, 0.4) is 0 Å². The summed E-state index contributed by atoms with van der Waals surface area (Å²) in [5.74, 6) is -1.19. The van der Waals surface area contributed by atoms with Gasteiger partial charge in [0.1, 0.15) is 17.8 Å². The van der Waals surface area contributed by atoms with Crippen LogP contribution < -0.4 is 9.64 Å². The summed E-state index contributed by atoms with van der Waals surface area (Å²) in [7, 11) is 1.52. The van der Waals surface area contributed by atoms with Crippen molar-refractivity contribution < 1.29 is 24.0 Å². The molecule has 2 aliphatic heterocycles. The topological polar surface area (TPSA) is 110 Å². The van der Waals surface area contributed by atoms with E-state index in [0.29, 0.717) is 11.4 Å². The van der Waals surface area contributed by atoms with Crippen molar-refractivity contribution >= 4 is 40.4 Å². The van der Waals surface area contributed by atoms with Gasteiger partial charge in [0.25, 0.3) is 23.4 Å². The average Bonchev–Trinajstić information content (AvgIpc) is 3.40. The van der Waals surface area contributed by atoms with E-state index < -0.39 is 34.7 Å². The maximum Gasteiger partial charge on any atom is 0.270 e. The molecular weight excluding hydrogens is 434 g/mol. The van der Waals surface area contributed by atoms with Gasteiger partial charge >= 0.3 is 0 Å². The monoisotopic (exact) mass is 449 g/mol. The first kappa shape index (κ1) is 19.9. The minimum atomic E-state index is -1.05. The molecule has 3 amide bonds. The summed E-state index contributed by atoms with van der Waals surface area (Å²) in [6.07, 6.45) is 0. The molecule has 9 nitrogen and oxygen atoms in total. The highest BCUT2D eigenvalue weighted by Crippen LogP contribution is 2.46. The lowest BCUT2D eigenvalue weighted by Gasteiger charge is -2.49. The molecule has 1 fully saturated rings. The van der Waals surface area contributed by atoms with Crippen LogP contribution in [0.15, 0.2) is 60.0 Å². The lowest BCUT2D eigenvalue weighted by molar-refractivity contribution is -0.384. The second kappa shape index (κ2) is 7.27. The number of nitro benzene ring substituents is 1. The second-order valence-corrected chi connectivity index (χ2v) is 8.26. The number of fused-ring (bicyclic) bond motifs is 1. The lowest BCUT2D eigenvalue weighted by Crippen LogP contribution is -2.67. The number of carbonyl (C=O) groups is 3. The van der Waals surface area contributed by atoms with E-state index in [-0.39, 0.29) is 16.8 Å². The van der Waals surface area contributed by atoms with Crippen LogP contribution in [0.25, 0.3) is 0 Å². The molecule has 3 heterocycles. The quantitative estimate of drug-likeness (QED) is 0.255. The SMILES string of the molecule is COc1cccc(N2C(=O)[C@@H](N3C(=O)c4ccc([N+](=O)[O-])cc4C3=O)[C@H]2c2cccs2)c1. The van der Waals surface area contributed by atoms with E-state index in [2.05, 4.69) is 0 Å². The number of imide groups is 1. The Morgan fingerprint density at radius 2 is 1.72 bits per heavy atom. The van der Waals surface area contributed by atoms with Crippen LogP contribution in [0.4, 0.5) is 11.4 Å². The van der Waals surface area contributed by atoms with Gasteiger partial charge in [-0.05, 0) is 29.6 Å². The van der Waals surface area contributed by atoms with Crippen LogP contribution in [0.5, 0.6) is 5.75 Å². The molecule has 3 aromatic rings. The molecule has 5 rings (SSSR count). The molecule has 0 N–H and O–H groups in total. The Hall–Kier alpha value is -4.05. The largest absolute Gasteiger partial charge is 0.497 e. The first-order valence-corrected chi connectivity index (χ1v) is 10.5. The van der Waals surface area contributed by atoms with Gasteiger partial charge in [-0.15, -0.1) is 11.3 Å². The zero-order valence-corrected chi connectivity index (χ0v) is 17.4. The van der Waals surface area contributed by atoms with Crippen LogP contribution >= 0.6 is 11.3 Å². The number of ether oxygens (including phenoxy) is 1. The fraction of sp³-hybridized carbons (Fsp3) is 0.136. The van der Waals surface area contributed by atoms with E-state index in [9.17, 15) is 24.5 Å². The molecular formula is C22H15N3O6S. The van der Waals surface area contributed by atoms with Crippen molar-refractivity contribution in [3.8, 4) is 5.75 Å². The fourth-order valence-corrected chi connectivity index (χ4v) is 4.97. The molecule has 0 bridgehead atoms. The van der Waals surface area contributed by atoms with Crippen LogP contribution in [-0.2, 0) is 4.79 Å². The zero-order valence-electron chi connectivity index (χ0n) is 16.6. The Bertz CT molecular complexity index is 1290. The van der Waals surface area contributed by atoms with E-state index in [1.54, 1.807) is 24.3 Å². The number of hydrogen-bond donors (Lipinski definition) is 0. The molecule has 1 saturated heterocycles. The fourth-order valence-electron chi connectivity index (χ4n) is 4.13. The highest BCUT2D eigenvalue weighted by Gasteiger charge is 2.57. The van der Waals surface area contributed by atoms with Crippen LogP contribution in [0, 0.1) is 10.1 Å². The molecule has 0 spiro atoms. The number of nitro groups is 1. The average molecular weight is 449 g/mol. The number of rotatable bonds is 5. The molecule has 2 atom stereocenters. The van der Waals surface area contributed by atoms with Gasteiger partial charge in [0.05, 0.1) is 23.2 Å². The number of benzene rings is 2. The van der Waals surface area contributed by atoms with Crippen molar-refractivity contribution in [2.24, 2.45) is 0 Å². The summed E-state index contributed by atoms with van der Waals surface area (Å²) < 4.78 is 5.26. The predicted molar refractivity (Wildman–Crippen MR) is 115 cm³/mol. The van der Waals surface area contributed by atoms with Gasteiger partial charge in [-0.25, -0.2) is 0 Å². The van der Waals surface area contributed by atoms with Crippen molar-refractivity contribution in [3.63, 3.8) is 0 Å². The molecule has 1 aromatic heterocycles. The number of nitrogens with zero attached hydrogens (tertiary/aromatic N) is 3. The van der Waals surface area contributed by atoms with E-state index in [4.69, 9.17) is 4.74 Å². The van der Waals surface area contributed by atoms with Gasteiger partial charge in [0.15, 0.2) is 0 Å². The molecule has 160 valence electrons. The summed E-state index contributed by atoms with van der Waals surface area (Å²) in [6.45, 7) is 0. The van der Waals surface area contributed by atoms with Gasteiger partial charge in [0.2, 0.25) is 0 Å². The number of non-ortho nitro benzene ring substituents is 1. The van der Waals surface area contributed by atoms with Gasteiger partial charge in [-0.2, -0.15) is 0 Å². The Morgan fingerprint density at radius 1 is 0.938 bits per heavy atom. The van der Waals surface area contributed by atoms with Crippen molar-refractivity contribution in [1.82, 2.24) is 4.90 Å². The molecule has 0 unspecified atom stereocenters. The highest BCUT2D eigenvalue weighted by atomic mass is 32.1. The third-order valence-electron chi connectivity index (χ3n) is 5.62. The number of β-lactam (4-membered cyclic amide) rings is 1. The van der Waals surface area contributed by atoms with Crippen molar-refractivity contribution in [2.75, 3.05) is 12.0 Å². The Morgan fingerprint density at radius 3 is 2.41 bits per heavy atom. The van der Waals surface area contributed by atoms with E-state index in [1.165, 1.54) is 35.5 Å². The summed E-state index contributed by atoms with van der Waals surface area (Å²) >= 11 is 1.41. The van der Waals surface area contributed by atoms with Gasteiger partial charge in [-0.3, -0.25) is 34.3 Å². The minimum absolute atomic E-state index is 0.0539. The van der Waals surface area contributed by atoms with E-state index >= 15 is 0 Å². The highest BCUT2D eigenvalue weighted by molar-refractivity contribution is 7.10. The number of carbonyl (C=O) groups excluding carboxylic acids is 3. The normalized spacial score (nSPS) is 19.7. The van der Waals surface area contributed by atoms with Gasteiger partial charge in [0, 0.05) is 28.8 Å². The molecule has 10 heteroatoms. The number of hydrogen-bond acceptors (Lipinski definition) is 7. The van der Waals surface area contributed by atoms with Crippen molar-refractivity contribution in [2.45, 2.75) is 12.1 Å². The Kier molecular flexibility index (Phi) is 4.52. The molecule has 2 aliphatic rings. The second-order valence-electron chi connectivity index (χ2n) is 7.28.